The fourth-order valence-electron chi connectivity index (χ4n) is 2.36. The molecule has 0 aliphatic rings. The number of ether oxygens (including phenoxy) is 2. The number of thiophene rings is 1. The summed E-state index contributed by atoms with van der Waals surface area (Å²) in [4.78, 5) is 11.9. The SMILES string of the molecule is CCOc1ccc(OCC(=O)NCCn2ccc(-c3ccsc3)n2)cc1. The molecule has 0 saturated heterocycles. The van der Waals surface area contributed by atoms with Crippen molar-refractivity contribution in [2.75, 3.05) is 19.8 Å². The standard InChI is InChI=1S/C19H21N3O3S/c1-2-24-16-3-5-17(6-4-16)25-13-19(23)20-9-11-22-10-7-18(21-22)15-8-12-26-14-15/h3-8,10,12,14H,2,9,11,13H2,1H3,(H,20,23). The van der Waals surface area contributed by atoms with E-state index in [1.54, 1.807) is 23.5 Å². The Morgan fingerprint density at radius 2 is 1.92 bits per heavy atom. The molecule has 0 aliphatic heterocycles. The van der Waals surface area contributed by atoms with E-state index in [9.17, 15) is 4.79 Å². The first-order valence-electron chi connectivity index (χ1n) is 8.43. The fourth-order valence-corrected chi connectivity index (χ4v) is 3.01. The molecule has 0 atom stereocenters. The lowest BCUT2D eigenvalue weighted by atomic mass is 10.2. The van der Waals surface area contributed by atoms with Gasteiger partial charge in [-0.25, -0.2) is 0 Å². The quantitative estimate of drug-likeness (QED) is 0.627. The van der Waals surface area contributed by atoms with Crippen molar-refractivity contribution in [1.82, 2.24) is 15.1 Å². The van der Waals surface area contributed by atoms with Crippen molar-refractivity contribution in [2.45, 2.75) is 13.5 Å². The molecule has 7 heteroatoms. The van der Waals surface area contributed by atoms with Gasteiger partial charge < -0.3 is 14.8 Å². The molecule has 2 heterocycles. The second kappa shape index (κ2) is 9.05. The summed E-state index contributed by atoms with van der Waals surface area (Å²) < 4.78 is 12.7. The molecule has 26 heavy (non-hydrogen) atoms. The van der Waals surface area contributed by atoms with Crippen LogP contribution < -0.4 is 14.8 Å². The third-order valence-corrected chi connectivity index (χ3v) is 4.31. The number of carbonyl (C=O) groups excluding carboxylic acids is 1. The van der Waals surface area contributed by atoms with Crippen LogP contribution in [0.2, 0.25) is 0 Å². The van der Waals surface area contributed by atoms with Crippen LogP contribution in [0.15, 0.2) is 53.4 Å². The van der Waals surface area contributed by atoms with Gasteiger partial charge in [-0.3, -0.25) is 9.48 Å². The molecule has 3 rings (SSSR count). The molecule has 0 saturated carbocycles. The molecule has 1 aromatic carbocycles. The highest BCUT2D eigenvalue weighted by molar-refractivity contribution is 7.08. The third kappa shape index (κ3) is 5.10. The van der Waals surface area contributed by atoms with Crippen LogP contribution >= 0.6 is 11.3 Å². The number of amides is 1. The zero-order valence-corrected chi connectivity index (χ0v) is 15.4. The average molecular weight is 371 g/mol. The first kappa shape index (κ1) is 18.0. The number of hydrogen-bond donors (Lipinski definition) is 1. The van der Waals surface area contributed by atoms with Crippen molar-refractivity contribution in [1.29, 1.82) is 0 Å². The lowest BCUT2D eigenvalue weighted by Gasteiger charge is -2.08. The molecule has 0 spiro atoms. The van der Waals surface area contributed by atoms with Crippen molar-refractivity contribution >= 4 is 17.2 Å². The highest BCUT2D eigenvalue weighted by atomic mass is 32.1. The average Bonchev–Trinajstić information content (AvgIpc) is 3.33. The van der Waals surface area contributed by atoms with Gasteiger partial charge in [-0.2, -0.15) is 16.4 Å². The molecular weight excluding hydrogens is 350 g/mol. The van der Waals surface area contributed by atoms with Gasteiger partial charge in [0.1, 0.15) is 11.5 Å². The van der Waals surface area contributed by atoms with E-state index >= 15 is 0 Å². The van der Waals surface area contributed by atoms with Crippen molar-refractivity contribution < 1.29 is 14.3 Å². The minimum atomic E-state index is -0.163. The van der Waals surface area contributed by atoms with Gasteiger partial charge in [-0.05, 0) is 48.7 Å². The summed E-state index contributed by atoms with van der Waals surface area (Å²) in [7, 11) is 0. The molecule has 0 unspecified atom stereocenters. The van der Waals surface area contributed by atoms with E-state index in [0.29, 0.717) is 25.4 Å². The van der Waals surface area contributed by atoms with E-state index in [-0.39, 0.29) is 12.5 Å². The number of hydrogen-bond acceptors (Lipinski definition) is 5. The van der Waals surface area contributed by atoms with Crippen LogP contribution in [0.25, 0.3) is 11.3 Å². The van der Waals surface area contributed by atoms with Crippen molar-refractivity contribution in [2.24, 2.45) is 0 Å². The Hall–Kier alpha value is -2.80. The minimum absolute atomic E-state index is 0.0206. The van der Waals surface area contributed by atoms with Crippen LogP contribution in [0.1, 0.15) is 6.92 Å². The number of nitrogens with one attached hydrogen (secondary N) is 1. The summed E-state index contributed by atoms with van der Waals surface area (Å²) in [5, 5.41) is 11.4. The Morgan fingerprint density at radius 1 is 1.15 bits per heavy atom. The van der Waals surface area contributed by atoms with Crippen LogP contribution in [-0.4, -0.2) is 35.4 Å². The Kier molecular flexibility index (Phi) is 6.27. The van der Waals surface area contributed by atoms with Gasteiger partial charge in [0.15, 0.2) is 6.61 Å². The molecule has 6 nitrogen and oxygen atoms in total. The Labute approximate surface area is 156 Å². The zero-order valence-electron chi connectivity index (χ0n) is 14.6. The molecule has 0 radical (unpaired) electrons. The van der Waals surface area contributed by atoms with Gasteiger partial charge in [0.2, 0.25) is 0 Å². The number of aromatic nitrogens is 2. The number of nitrogens with zero attached hydrogens (tertiary/aromatic N) is 2. The van der Waals surface area contributed by atoms with Crippen molar-refractivity contribution in [3.05, 3.63) is 53.4 Å². The number of rotatable bonds is 9. The predicted octanol–water partition coefficient (Wildman–Crippen LogP) is 3.21. The van der Waals surface area contributed by atoms with Crippen LogP contribution in [0, 0.1) is 0 Å². The second-order valence-electron chi connectivity index (χ2n) is 5.52. The summed E-state index contributed by atoms with van der Waals surface area (Å²) >= 11 is 1.65. The normalized spacial score (nSPS) is 10.5. The van der Waals surface area contributed by atoms with Crippen LogP contribution in [0.3, 0.4) is 0 Å². The maximum atomic E-state index is 11.9. The van der Waals surface area contributed by atoms with Gasteiger partial charge in [-0.1, -0.05) is 0 Å². The van der Waals surface area contributed by atoms with Gasteiger partial charge in [-0.15, -0.1) is 0 Å². The molecule has 136 valence electrons. The van der Waals surface area contributed by atoms with Crippen molar-refractivity contribution in [3.8, 4) is 22.8 Å². The summed E-state index contributed by atoms with van der Waals surface area (Å²) in [6.07, 6.45) is 1.91. The maximum Gasteiger partial charge on any atom is 0.258 e. The van der Waals surface area contributed by atoms with Gasteiger partial charge in [0.05, 0.1) is 18.8 Å². The molecule has 0 fully saturated rings. The van der Waals surface area contributed by atoms with E-state index in [1.807, 2.05) is 47.4 Å². The largest absolute Gasteiger partial charge is 0.494 e. The number of carbonyl (C=O) groups is 1. The molecule has 1 amide bonds. The van der Waals surface area contributed by atoms with Crippen molar-refractivity contribution in [3.63, 3.8) is 0 Å². The monoisotopic (exact) mass is 371 g/mol. The van der Waals surface area contributed by atoms with E-state index < -0.39 is 0 Å². The van der Waals surface area contributed by atoms with E-state index in [1.165, 1.54) is 0 Å². The Morgan fingerprint density at radius 3 is 2.62 bits per heavy atom. The van der Waals surface area contributed by atoms with Crippen LogP contribution in [-0.2, 0) is 11.3 Å². The summed E-state index contributed by atoms with van der Waals surface area (Å²) in [6.45, 7) is 3.64. The molecule has 0 aliphatic carbocycles. The van der Waals surface area contributed by atoms with Gasteiger partial charge in [0, 0.05) is 23.7 Å². The van der Waals surface area contributed by atoms with Gasteiger partial charge >= 0.3 is 0 Å². The third-order valence-electron chi connectivity index (χ3n) is 3.63. The molecule has 0 bridgehead atoms. The topological polar surface area (TPSA) is 65.4 Å². The smallest absolute Gasteiger partial charge is 0.258 e. The first-order chi connectivity index (χ1) is 12.7. The first-order valence-corrected chi connectivity index (χ1v) is 9.37. The van der Waals surface area contributed by atoms with E-state index in [2.05, 4.69) is 15.8 Å². The lowest BCUT2D eigenvalue weighted by molar-refractivity contribution is -0.123. The Bertz CT molecular complexity index is 813. The predicted molar refractivity (Wildman–Crippen MR) is 102 cm³/mol. The lowest BCUT2D eigenvalue weighted by Crippen LogP contribution is -2.31. The van der Waals surface area contributed by atoms with Crippen LogP contribution in [0.4, 0.5) is 0 Å². The fraction of sp³-hybridized carbons (Fsp3) is 0.263. The molecular formula is C19H21N3O3S. The minimum Gasteiger partial charge on any atom is -0.494 e. The zero-order chi connectivity index (χ0) is 18.2. The van der Waals surface area contributed by atoms with E-state index in [4.69, 9.17) is 9.47 Å². The number of benzene rings is 1. The Balaban J connectivity index is 1.37. The summed E-state index contributed by atoms with van der Waals surface area (Å²) in [5.41, 5.74) is 2.05. The maximum absolute atomic E-state index is 11.9. The van der Waals surface area contributed by atoms with Gasteiger partial charge in [0.25, 0.3) is 5.91 Å². The van der Waals surface area contributed by atoms with Crippen LogP contribution in [0.5, 0.6) is 11.5 Å². The van der Waals surface area contributed by atoms with E-state index in [0.717, 1.165) is 17.0 Å². The second-order valence-corrected chi connectivity index (χ2v) is 6.30. The highest BCUT2D eigenvalue weighted by Crippen LogP contribution is 2.19. The molecule has 3 aromatic rings. The highest BCUT2D eigenvalue weighted by Gasteiger charge is 2.05. The summed E-state index contributed by atoms with van der Waals surface area (Å²) in [5.74, 6) is 1.26. The summed E-state index contributed by atoms with van der Waals surface area (Å²) in [6, 6.07) is 11.2. The molecule has 1 N–H and O–H groups in total. The molecule has 2 aromatic heterocycles.